The number of carbonyl (C=O) groups is 3. The van der Waals surface area contributed by atoms with Crippen LogP contribution in [0.3, 0.4) is 0 Å². The van der Waals surface area contributed by atoms with Crippen LogP contribution in [0.1, 0.15) is 58.8 Å². The van der Waals surface area contributed by atoms with E-state index in [-0.39, 0.29) is 23.6 Å². The van der Waals surface area contributed by atoms with Gasteiger partial charge in [-0.2, -0.15) is 0 Å². The van der Waals surface area contributed by atoms with Crippen LogP contribution >= 0.6 is 0 Å². The molecule has 2 heterocycles. The lowest BCUT2D eigenvalue weighted by atomic mass is 9.92. The summed E-state index contributed by atoms with van der Waals surface area (Å²) < 4.78 is 0. The number of unbranched alkanes of at least 4 members (excludes halogenated alkanes) is 1. The van der Waals surface area contributed by atoms with Gasteiger partial charge in [-0.25, -0.2) is 0 Å². The van der Waals surface area contributed by atoms with E-state index in [0.717, 1.165) is 58.2 Å². The van der Waals surface area contributed by atoms with Crippen LogP contribution in [0.5, 0.6) is 0 Å². The van der Waals surface area contributed by atoms with Crippen LogP contribution in [0, 0.1) is 5.92 Å². The zero-order valence-corrected chi connectivity index (χ0v) is 17.0. The van der Waals surface area contributed by atoms with Gasteiger partial charge in [0.1, 0.15) is 0 Å². The Hall–Kier alpha value is -1.63. The Labute approximate surface area is 163 Å². The number of nitrogens with one attached hydrogen (secondary N) is 2. The maximum Gasteiger partial charge on any atom is 0.234 e. The zero-order chi connectivity index (χ0) is 19.6. The second kappa shape index (κ2) is 11.3. The summed E-state index contributed by atoms with van der Waals surface area (Å²) in [5, 5.41) is 5.97. The Morgan fingerprint density at radius 2 is 1.93 bits per heavy atom. The minimum Gasteiger partial charge on any atom is -0.356 e. The number of hydrogen-bond acceptors (Lipinski definition) is 4. The predicted molar refractivity (Wildman–Crippen MR) is 105 cm³/mol. The number of hydrogen-bond donors (Lipinski definition) is 2. The van der Waals surface area contributed by atoms with Gasteiger partial charge in [0.2, 0.25) is 17.7 Å². The quantitative estimate of drug-likeness (QED) is 0.557. The highest BCUT2D eigenvalue weighted by molar-refractivity contribution is 5.80. The summed E-state index contributed by atoms with van der Waals surface area (Å²) in [5.41, 5.74) is 0. The molecule has 0 radical (unpaired) electrons. The molecule has 2 rings (SSSR count). The monoisotopic (exact) mass is 380 g/mol. The van der Waals surface area contributed by atoms with E-state index in [1.165, 1.54) is 0 Å². The average molecular weight is 381 g/mol. The molecule has 2 N–H and O–H groups in total. The van der Waals surface area contributed by atoms with Gasteiger partial charge in [0.25, 0.3) is 0 Å². The lowest BCUT2D eigenvalue weighted by Gasteiger charge is -2.36. The highest BCUT2D eigenvalue weighted by Crippen LogP contribution is 2.21. The Bertz CT molecular complexity index is 511. The van der Waals surface area contributed by atoms with E-state index < -0.39 is 0 Å². The lowest BCUT2D eigenvalue weighted by molar-refractivity contribution is -0.130. The molecule has 0 aromatic heterocycles. The first-order valence-corrected chi connectivity index (χ1v) is 10.6. The Balaban J connectivity index is 1.66. The van der Waals surface area contributed by atoms with Crippen LogP contribution < -0.4 is 10.6 Å². The summed E-state index contributed by atoms with van der Waals surface area (Å²) in [6.45, 7) is 8.11. The molecular weight excluding hydrogens is 344 g/mol. The summed E-state index contributed by atoms with van der Waals surface area (Å²) in [6.07, 6.45) is 6.30. The van der Waals surface area contributed by atoms with E-state index in [2.05, 4.69) is 29.4 Å². The third-order valence-electron chi connectivity index (χ3n) is 5.66. The Morgan fingerprint density at radius 1 is 1.15 bits per heavy atom. The van der Waals surface area contributed by atoms with E-state index >= 15 is 0 Å². The van der Waals surface area contributed by atoms with E-state index in [1.807, 2.05) is 4.90 Å². The van der Waals surface area contributed by atoms with Crippen LogP contribution in [0.2, 0.25) is 0 Å². The van der Waals surface area contributed by atoms with Crippen molar-refractivity contribution in [2.24, 2.45) is 5.92 Å². The predicted octanol–water partition coefficient (Wildman–Crippen LogP) is 1.13. The molecule has 2 aliphatic rings. The number of carbonyl (C=O) groups excluding carboxylic acids is 3. The van der Waals surface area contributed by atoms with E-state index in [4.69, 9.17) is 0 Å². The molecular formula is C20H36N4O3. The van der Waals surface area contributed by atoms with Crippen LogP contribution in [0.4, 0.5) is 0 Å². The smallest absolute Gasteiger partial charge is 0.234 e. The maximum atomic E-state index is 12.3. The fraction of sp³-hybridized carbons (Fsp3) is 0.850. The Kier molecular flexibility index (Phi) is 9.04. The van der Waals surface area contributed by atoms with E-state index in [0.29, 0.717) is 32.1 Å². The standard InChI is InChI=1S/C20H36N4O3/c1-3-4-10-22-20(27)17-9-8-16(2)24(14-17)15-18(25)21-11-6-13-23-12-5-7-19(23)26/h16-17H,3-15H2,1-2H3,(H,21,25)(H,22,27). The molecule has 2 fully saturated rings. The third kappa shape index (κ3) is 7.13. The maximum absolute atomic E-state index is 12.3. The molecule has 0 aromatic rings. The van der Waals surface area contributed by atoms with Crippen molar-refractivity contribution in [1.29, 1.82) is 0 Å². The molecule has 0 aliphatic carbocycles. The first-order chi connectivity index (χ1) is 13.0. The van der Waals surface area contributed by atoms with E-state index in [9.17, 15) is 14.4 Å². The van der Waals surface area contributed by atoms with Gasteiger partial charge in [-0.05, 0) is 39.0 Å². The highest BCUT2D eigenvalue weighted by atomic mass is 16.2. The first-order valence-electron chi connectivity index (χ1n) is 10.6. The average Bonchev–Trinajstić information content (AvgIpc) is 3.05. The minimum absolute atomic E-state index is 0.00152. The van der Waals surface area contributed by atoms with Crippen LogP contribution in [0.25, 0.3) is 0 Å². The van der Waals surface area contributed by atoms with Gasteiger partial charge in [-0.3, -0.25) is 19.3 Å². The molecule has 154 valence electrons. The van der Waals surface area contributed by atoms with Gasteiger partial charge in [-0.1, -0.05) is 13.3 Å². The topological polar surface area (TPSA) is 81.8 Å². The van der Waals surface area contributed by atoms with Crippen molar-refractivity contribution in [3.63, 3.8) is 0 Å². The molecule has 27 heavy (non-hydrogen) atoms. The second-order valence-electron chi connectivity index (χ2n) is 7.89. The largest absolute Gasteiger partial charge is 0.356 e. The van der Waals surface area contributed by atoms with Crippen molar-refractivity contribution in [3.8, 4) is 0 Å². The van der Waals surface area contributed by atoms with Gasteiger partial charge in [0.05, 0.1) is 12.5 Å². The number of rotatable bonds is 10. The van der Waals surface area contributed by atoms with Crippen molar-refractivity contribution < 1.29 is 14.4 Å². The number of amides is 3. The molecule has 2 atom stereocenters. The number of likely N-dealkylation sites (tertiary alicyclic amines) is 2. The van der Waals surface area contributed by atoms with Gasteiger partial charge in [-0.15, -0.1) is 0 Å². The number of piperidine rings is 1. The van der Waals surface area contributed by atoms with Crippen LogP contribution in [-0.2, 0) is 14.4 Å². The van der Waals surface area contributed by atoms with Crippen molar-refractivity contribution in [2.75, 3.05) is 39.3 Å². The summed E-state index contributed by atoms with van der Waals surface area (Å²) in [5.74, 6) is 0.330. The number of nitrogens with zero attached hydrogens (tertiary/aromatic N) is 2. The summed E-state index contributed by atoms with van der Waals surface area (Å²) in [4.78, 5) is 40.1. The van der Waals surface area contributed by atoms with E-state index in [1.54, 1.807) is 0 Å². The van der Waals surface area contributed by atoms with Crippen LogP contribution in [0.15, 0.2) is 0 Å². The van der Waals surface area contributed by atoms with Crippen molar-refractivity contribution >= 4 is 17.7 Å². The fourth-order valence-corrected chi connectivity index (χ4v) is 3.82. The Morgan fingerprint density at radius 3 is 2.63 bits per heavy atom. The fourth-order valence-electron chi connectivity index (χ4n) is 3.82. The molecule has 7 heteroatoms. The summed E-state index contributed by atoms with van der Waals surface area (Å²) in [6, 6.07) is 0.317. The molecule has 2 aliphatic heterocycles. The molecule has 2 unspecified atom stereocenters. The third-order valence-corrected chi connectivity index (χ3v) is 5.66. The van der Waals surface area contributed by atoms with Crippen molar-refractivity contribution in [3.05, 3.63) is 0 Å². The van der Waals surface area contributed by atoms with Crippen LogP contribution in [-0.4, -0.2) is 72.8 Å². The second-order valence-corrected chi connectivity index (χ2v) is 7.89. The SMILES string of the molecule is CCCCNC(=O)C1CCC(C)N(CC(=O)NCCCN2CCCC2=O)C1. The normalized spacial score (nSPS) is 23.5. The first kappa shape index (κ1) is 21.7. The lowest BCUT2D eigenvalue weighted by Crippen LogP contribution is -2.50. The van der Waals surface area contributed by atoms with Gasteiger partial charge >= 0.3 is 0 Å². The molecule has 7 nitrogen and oxygen atoms in total. The molecule has 3 amide bonds. The van der Waals surface area contributed by atoms with Crippen molar-refractivity contribution in [2.45, 2.75) is 64.8 Å². The minimum atomic E-state index is -0.0213. The summed E-state index contributed by atoms with van der Waals surface area (Å²) in [7, 11) is 0. The summed E-state index contributed by atoms with van der Waals surface area (Å²) >= 11 is 0. The van der Waals surface area contributed by atoms with Gasteiger partial charge < -0.3 is 15.5 Å². The van der Waals surface area contributed by atoms with Crippen molar-refractivity contribution in [1.82, 2.24) is 20.4 Å². The molecule has 0 bridgehead atoms. The zero-order valence-electron chi connectivity index (χ0n) is 17.0. The molecule has 2 saturated heterocycles. The molecule has 0 aromatic carbocycles. The van der Waals surface area contributed by atoms with Gasteiger partial charge in [0.15, 0.2) is 0 Å². The highest BCUT2D eigenvalue weighted by Gasteiger charge is 2.30. The molecule has 0 spiro atoms. The van der Waals surface area contributed by atoms with Gasteiger partial charge in [0, 0.05) is 45.2 Å². The molecule has 0 saturated carbocycles.